The van der Waals surface area contributed by atoms with Gasteiger partial charge in [0.05, 0.1) is 4.47 Å². The number of hydrogen-bond acceptors (Lipinski definition) is 2. The number of nitrogens with zero attached hydrogens (tertiary/aromatic N) is 1. The minimum atomic E-state index is 0.0368. The van der Waals surface area contributed by atoms with E-state index < -0.39 is 0 Å². The van der Waals surface area contributed by atoms with Crippen LogP contribution in [0, 0.1) is 5.41 Å². The lowest BCUT2D eigenvalue weighted by molar-refractivity contribution is 0.302. The molecule has 0 bridgehead atoms. The van der Waals surface area contributed by atoms with E-state index >= 15 is 0 Å². The zero-order valence-electron chi connectivity index (χ0n) is 10.8. The summed E-state index contributed by atoms with van der Waals surface area (Å²) >= 11 is 3.50. The number of halogens is 1. The summed E-state index contributed by atoms with van der Waals surface area (Å²) < 4.78 is 1.01. The summed E-state index contributed by atoms with van der Waals surface area (Å²) in [6.07, 6.45) is 2.89. The maximum atomic E-state index is 4.34. The van der Waals surface area contributed by atoms with Crippen LogP contribution in [0.25, 0.3) is 0 Å². The van der Waals surface area contributed by atoms with Crippen molar-refractivity contribution in [2.24, 2.45) is 5.41 Å². The minimum absolute atomic E-state index is 0.0368. The quantitative estimate of drug-likeness (QED) is 0.886. The van der Waals surface area contributed by atoms with Gasteiger partial charge in [-0.3, -0.25) is 0 Å². The predicted octanol–water partition coefficient (Wildman–Crippen LogP) is 4.47. The molecule has 0 radical (unpaired) electrons. The molecule has 0 amide bonds. The van der Waals surface area contributed by atoms with Gasteiger partial charge in [0.2, 0.25) is 0 Å². The molecule has 90 valence electrons. The van der Waals surface area contributed by atoms with Crippen LogP contribution in [-0.2, 0) is 0 Å². The summed E-state index contributed by atoms with van der Waals surface area (Å²) in [7, 11) is 0. The third-order valence-electron chi connectivity index (χ3n) is 2.19. The van der Waals surface area contributed by atoms with Crippen LogP contribution < -0.4 is 5.32 Å². The first kappa shape index (κ1) is 13.5. The molecule has 2 nitrogen and oxygen atoms in total. The van der Waals surface area contributed by atoms with Crippen LogP contribution in [0.1, 0.15) is 41.0 Å². The molecule has 3 heteroatoms. The number of pyridine rings is 1. The molecule has 0 aromatic carbocycles. The first-order chi connectivity index (χ1) is 7.20. The molecule has 0 saturated carbocycles. The zero-order valence-corrected chi connectivity index (χ0v) is 12.4. The molecule has 1 rings (SSSR count). The molecule has 16 heavy (non-hydrogen) atoms. The molecule has 0 saturated heterocycles. The minimum Gasteiger partial charge on any atom is -0.364 e. The van der Waals surface area contributed by atoms with Gasteiger partial charge in [-0.15, -0.1) is 0 Å². The third kappa shape index (κ3) is 4.52. The van der Waals surface area contributed by atoms with Crippen molar-refractivity contribution in [3.63, 3.8) is 0 Å². The number of rotatable bonds is 3. The number of aromatic nitrogens is 1. The lowest BCUT2D eigenvalue weighted by atomic mass is 9.82. The van der Waals surface area contributed by atoms with E-state index in [1.54, 1.807) is 6.20 Å². The molecule has 0 atom stereocenters. The lowest BCUT2D eigenvalue weighted by Crippen LogP contribution is -2.35. The molecule has 0 aliphatic heterocycles. The van der Waals surface area contributed by atoms with Gasteiger partial charge in [0.15, 0.2) is 0 Å². The summed E-state index contributed by atoms with van der Waals surface area (Å²) in [6, 6.07) is 3.93. The van der Waals surface area contributed by atoms with Gasteiger partial charge in [0, 0.05) is 11.7 Å². The molecular formula is C13H21BrN2. The smallest absolute Gasteiger partial charge is 0.140 e. The maximum Gasteiger partial charge on any atom is 0.140 e. The highest BCUT2D eigenvalue weighted by atomic mass is 79.9. The van der Waals surface area contributed by atoms with Crippen LogP contribution >= 0.6 is 15.9 Å². The number of hydrogen-bond donors (Lipinski definition) is 1. The van der Waals surface area contributed by atoms with E-state index in [-0.39, 0.29) is 5.54 Å². The molecule has 0 fully saturated rings. The van der Waals surface area contributed by atoms with Gasteiger partial charge >= 0.3 is 0 Å². The monoisotopic (exact) mass is 284 g/mol. The van der Waals surface area contributed by atoms with Gasteiger partial charge in [-0.1, -0.05) is 20.8 Å². The van der Waals surface area contributed by atoms with Crippen LogP contribution in [0.3, 0.4) is 0 Å². The Morgan fingerprint density at radius 1 is 1.25 bits per heavy atom. The van der Waals surface area contributed by atoms with E-state index in [1.165, 1.54) is 0 Å². The van der Waals surface area contributed by atoms with E-state index in [0.717, 1.165) is 16.7 Å². The van der Waals surface area contributed by atoms with Crippen molar-refractivity contribution in [2.75, 3.05) is 5.32 Å². The first-order valence-electron chi connectivity index (χ1n) is 5.58. The van der Waals surface area contributed by atoms with Crippen molar-refractivity contribution in [1.82, 2.24) is 4.98 Å². The fourth-order valence-corrected chi connectivity index (χ4v) is 2.52. The number of nitrogens with one attached hydrogen (secondary N) is 1. The Labute approximate surface area is 107 Å². The first-order valence-corrected chi connectivity index (χ1v) is 6.38. The van der Waals surface area contributed by atoms with Crippen LogP contribution in [0.2, 0.25) is 0 Å². The van der Waals surface area contributed by atoms with E-state index in [4.69, 9.17) is 0 Å². The van der Waals surface area contributed by atoms with Crippen LogP contribution in [0.4, 0.5) is 5.82 Å². The highest BCUT2D eigenvalue weighted by Crippen LogP contribution is 2.30. The second kappa shape index (κ2) is 4.74. The Morgan fingerprint density at radius 3 is 2.38 bits per heavy atom. The molecule has 1 aromatic heterocycles. The van der Waals surface area contributed by atoms with E-state index in [1.807, 2.05) is 12.1 Å². The molecule has 1 N–H and O–H groups in total. The third-order valence-corrected chi connectivity index (χ3v) is 2.83. The van der Waals surface area contributed by atoms with E-state index in [0.29, 0.717) is 5.41 Å². The summed E-state index contributed by atoms with van der Waals surface area (Å²) in [6.45, 7) is 11.2. The Bertz CT molecular complexity index is 353. The molecule has 0 unspecified atom stereocenters. The van der Waals surface area contributed by atoms with Crippen molar-refractivity contribution in [3.8, 4) is 0 Å². The standard InChI is InChI=1S/C13H21BrN2/c1-12(2,3)9-13(4,5)16-11-10(14)7-6-8-15-11/h6-8H,9H2,1-5H3,(H,15,16). The normalized spacial score (nSPS) is 12.6. The largest absolute Gasteiger partial charge is 0.364 e. The van der Waals surface area contributed by atoms with Crippen molar-refractivity contribution >= 4 is 21.7 Å². The molecule has 1 heterocycles. The van der Waals surface area contributed by atoms with Crippen LogP contribution in [0.5, 0.6) is 0 Å². The average molecular weight is 285 g/mol. The van der Waals surface area contributed by atoms with Gasteiger partial charge in [-0.05, 0) is 53.7 Å². The van der Waals surface area contributed by atoms with Crippen molar-refractivity contribution in [2.45, 2.75) is 46.6 Å². The molecule has 0 aliphatic carbocycles. The average Bonchev–Trinajstić information content (AvgIpc) is 2.04. The van der Waals surface area contributed by atoms with Crippen molar-refractivity contribution < 1.29 is 0 Å². The SMILES string of the molecule is CC(C)(C)CC(C)(C)Nc1ncccc1Br. The fourth-order valence-electron chi connectivity index (χ4n) is 2.17. The summed E-state index contributed by atoms with van der Waals surface area (Å²) in [5.41, 5.74) is 0.340. The molecule has 0 spiro atoms. The number of anilines is 1. The van der Waals surface area contributed by atoms with Gasteiger partial charge in [0.1, 0.15) is 5.82 Å². The van der Waals surface area contributed by atoms with E-state index in [9.17, 15) is 0 Å². The van der Waals surface area contributed by atoms with Gasteiger partial charge in [-0.25, -0.2) is 4.98 Å². The summed E-state index contributed by atoms with van der Waals surface area (Å²) in [5, 5.41) is 3.49. The molecular weight excluding hydrogens is 264 g/mol. The van der Waals surface area contributed by atoms with Crippen LogP contribution in [-0.4, -0.2) is 10.5 Å². The van der Waals surface area contributed by atoms with Gasteiger partial charge in [-0.2, -0.15) is 0 Å². The zero-order chi connectivity index (χ0) is 12.4. The Morgan fingerprint density at radius 2 is 1.88 bits per heavy atom. The second-order valence-electron chi connectivity index (χ2n) is 6.08. The highest BCUT2D eigenvalue weighted by Gasteiger charge is 2.25. The maximum absolute atomic E-state index is 4.34. The Kier molecular flexibility index (Phi) is 4.00. The van der Waals surface area contributed by atoms with E-state index in [2.05, 4.69) is 60.8 Å². The molecule has 0 aliphatic rings. The second-order valence-corrected chi connectivity index (χ2v) is 6.93. The van der Waals surface area contributed by atoms with Crippen LogP contribution in [0.15, 0.2) is 22.8 Å². The molecule has 1 aromatic rings. The van der Waals surface area contributed by atoms with Crippen molar-refractivity contribution in [3.05, 3.63) is 22.8 Å². The Balaban J connectivity index is 2.77. The lowest BCUT2D eigenvalue weighted by Gasteiger charge is -2.34. The van der Waals surface area contributed by atoms with Gasteiger partial charge < -0.3 is 5.32 Å². The summed E-state index contributed by atoms with van der Waals surface area (Å²) in [5.74, 6) is 0.914. The van der Waals surface area contributed by atoms with Gasteiger partial charge in [0.25, 0.3) is 0 Å². The topological polar surface area (TPSA) is 24.9 Å². The predicted molar refractivity (Wildman–Crippen MR) is 73.7 cm³/mol. The Hall–Kier alpha value is -0.570. The highest BCUT2D eigenvalue weighted by molar-refractivity contribution is 9.10. The fraction of sp³-hybridized carbons (Fsp3) is 0.615. The van der Waals surface area contributed by atoms with Crippen molar-refractivity contribution in [1.29, 1.82) is 0 Å². The summed E-state index contributed by atoms with van der Waals surface area (Å²) in [4.78, 5) is 4.34.